The van der Waals surface area contributed by atoms with Gasteiger partial charge in [0.1, 0.15) is 5.69 Å². The number of Topliss-reactive ketones (excluding diaryl/α,β-unsaturated/α-hetero) is 1. The predicted octanol–water partition coefficient (Wildman–Crippen LogP) is 4.21. The van der Waals surface area contributed by atoms with Crippen molar-refractivity contribution in [2.24, 2.45) is 7.05 Å². The van der Waals surface area contributed by atoms with Crippen LogP contribution in [0.1, 0.15) is 62.7 Å². The Morgan fingerprint density at radius 3 is 2.38 bits per heavy atom. The van der Waals surface area contributed by atoms with E-state index in [1.54, 1.807) is 56.7 Å². The molecular formula is C22H27ClN2O4. The van der Waals surface area contributed by atoms with Gasteiger partial charge in [0.25, 0.3) is 5.91 Å². The lowest BCUT2D eigenvalue weighted by molar-refractivity contribution is 0.0588. The average molecular weight is 419 g/mol. The fourth-order valence-electron chi connectivity index (χ4n) is 3.58. The standard InChI is InChI=1S/C22H27ClN2O4/c1-7-12-25(21(27)16-10-8-9-11-17(16)23)15(4)20(26)18-13(2)19(22(28)29-6)24(5)14(18)3/h8-11,15H,7,12H2,1-6H3/t15-/m0/s1. The SMILES string of the molecule is CCCN(C(=O)c1ccccc1Cl)[C@@H](C)C(=O)c1c(C)c(C(=O)OC)n(C)c1C. The average Bonchev–Trinajstić information content (AvgIpc) is 2.93. The van der Waals surface area contributed by atoms with Crippen molar-refractivity contribution in [1.29, 1.82) is 0 Å². The van der Waals surface area contributed by atoms with Crippen molar-refractivity contribution in [2.45, 2.75) is 40.2 Å². The first-order valence-electron chi connectivity index (χ1n) is 9.51. The van der Waals surface area contributed by atoms with Crippen LogP contribution in [0.4, 0.5) is 0 Å². The van der Waals surface area contributed by atoms with Gasteiger partial charge in [0.05, 0.1) is 23.7 Å². The molecule has 1 aromatic heterocycles. The maximum Gasteiger partial charge on any atom is 0.354 e. The molecule has 29 heavy (non-hydrogen) atoms. The highest BCUT2D eigenvalue weighted by Gasteiger charge is 2.32. The van der Waals surface area contributed by atoms with Crippen molar-refractivity contribution >= 4 is 29.3 Å². The summed E-state index contributed by atoms with van der Waals surface area (Å²) in [6.07, 6.45) is 0.688. The van der Waals surface area contributed by atoms with E-state index in [1.165, 1.54) is 12.0 Å². The molecule has 1 atom stereocenters. The molecule has 0 saturated heterocycles. The highest BCUT2D eigenvalue weighted by molar-refractivity contribution is 6.33. The molecule has 0 aliphatic heterocycles. The molecule has 0 aliphatic rings. The molecule has 0 bridgehead atoms. The molecule has 0 saturated carbocycles. The molecule has 0 aliphatic carbocycles. The minimum atomic E-state index is -0.719. The van der Waals surface area contributed by atoms with Gasteiger partial charge in [0.15, 0.2) is 5.78 Å². The predicted molar refractivity (Wildman–Crippen MR) is 113 cm³/mol. The molecule has 0 N–H and O–H groups in total. The third-order valence-corrected chi connectivity index (χ3v) is 5.56. The molecular weight excluding hydrogens is 392 g/mol. The van der Waals surface area contributed by atoms with Crippen molar-refractivity contribution in [3.05, 3.63) is 57.4 Å². The lowest BCUT2D eigenvalue weighted by Crippen LogP contribution is -2.44. The highest BCUT2D eigenvalue weighted by Crippen LogP contribution is 2.26. The number of amides is 1. The van der Waals surface area contributed by atoms with E-state index in [2.05, 4.69) is 0 Å². The van der Waals surface area contributed by atoms with Crippen LogP contribution < -0.4 is 0 Å². The van der Waals surface area contributed by atoms with Crippen LogP contribution in [0.5, 0.6) is 0 Å². The Morgan fingerprint density at radius 2 is 1.83 bits per heavy atom. The first kappa shape index (κ1) is 22.7. The third-order valence-electron chi connectivity index (χ3n) is 5.23. The second kappa shape index (κ2) is 9.27. The number of nitrogens with zero attached hydrogens (tertiary/aromatic N) is 2. The molecule has 0 unspecified atom stereocenters. The number of esters is 1. The van der Waals surface area contributed by atoms with E-state index in [0.717, 1.165) is 0 Å². The van der Waals surface area contributed by atoms with Gasteiger partial charge in [-0.1, -0.05) is 30.7 Å². The zero-order valence-corrected chi connectivity index (χ0v) is 18.5. The normalized spacial score (nSPS) is 11.8. The first-order chi connectivity index (χ1) is 13.7. The quantitative estimate of drug-likeness (QED) is 0.499. The van der Waals surface area contributed by atoms with Crippen LogP contribution in [0.15, 0.2) is 24.3 Å². The molecule has 6 nitrogen and oxygen atoms in total. The van der Waals surface area contributed by atoms with Gasteiger partial charge in [0, 0.05) is 24.8 Å². The highest BCUT2D eigenvalue weighted by atomic mass is 35.5. The van der Waals surface area contributed by atoms with Crippen molar-refractivity contribution in [1.82, 2.24) is 9.47 Å². The Hall–Kier alpha value is -2.60. The smallest absolute Gasteiger partial charge is 0.354 e. The van der Waals surface area contributed by atoms with Gasteiger partial charge in [-0.15, -0.1) is 0 Å². The van der Waals surface area contributed by atoms with Crippen LogP contribution in [0.3, 0.4) is 0 Å². The monoisotopic (exact) mass is 418 g/mol. The molecule has 0 radical (unpaired) electrons. The second-order valence-corrected chi connectivity index (χ2v) is 7.41. The minimum absolute atomic E-state index is 0.223. The zero-order chi connectivity index (χ0) is 21.9. The molecule has 1 amide bonds. The summed E-state index contributed by atoms with van der Waals surface area (Å²) < 4.78 is 6.51. The van der Waals surface area contributed by atoms with Gasteiger partial charge < -0.3 is 14.2 Å². The van der Waals surface area contributed by atoms with Crippen LogP contribution in [-0.2, 0) is 11.8 Å². The third kappa shape index (κ3) is 4.22. The van der Waals surface area contributed by atoms with E-state index < -0.39 is 12.0 Å². The number of carbonyl (C=O) groups is 3. The number of hydrogen-bond donors (Lipinski definition) is 0. The summed E-state index contributed by atoms with van der Waals surface area (Å²) in [4.78, 5) is 40.2. The van der Waals surface area contributed by atoms with E-state index in [9.17, 15) is 14.4 Å². The summed E-state index contributed by atoms with van der Waals surface area (Å²) in [5.41, 5.74) is 2.34. The van der Waals surface area contributed by atoms with Crippen molar-refractivity contribution in [3.63, 3.8) is 0 Å². The van der Waals surface area contributed by atoms with Crippen LogP contribution in [0, 0.1) is 13.8 Å². The fourth-order valence-corrected chi connectivity index (χ4v) is 3.79. The summed E-state index contributed by atoms with van der Waals surface area (Å²) in [6, 6.07) is 6.08. The van der Waals surface area contributed by atoms with Crippen LogP contribution in [-0.4, -0.2) is 46.8 Å². The van der Waals surface area contributed by atoms with Gasteiger partial charge in [-0.05, 0) is 44.9 Å². The minimum Gasteiger partial charge on any atom is -0.464 e. The van der Waals surface area contributed by atoms with E-state index in [1.807, 2.05) is 6.92 Å². The molecule has 1 heterocycles. The van der Waals surface area contributed by atoms with Gasteiger partial charge in [0.2, 0.25) is 0 Å². The van der Waals surface area contributed by atoms with Gasteiger partial charge >= 0.3 is 5.97 Å². The number of rotatable bonds is 7. The maximum atomic E-state index is 13.4. The zero-order valence-electron chi connectivity index (χ0n) is 17.7. The summed E-state index contributed by atoms with van der Waals surface area (Å²) in [5, 5.41) is 0.346. The van der Waals surface area contributed by atoms with Crippen molar-refractivity contribution < 1.29 is 19.1 Å². The number of benzene rings is 1. The summed E-state index contributed by atoms with van der Waals surface area (Å²) in [6.45, 7) is 7.55. The molecule has 2 rings (SSSR count). The fraction of sp³-hybridized carbons (Fsp3) is 0.409. The van der Waals surface area contributed by atoms with E-state index in [4.69, 9.17) is 16.3 Å². The summed E-state index contributed by atoms with van der Waals surface area (Å²) in [5.74, 6) is -1.02. The van der Waals surface area contributed by atoms with E-state index >= 15 is 0 Å². The Labute approximate surface area is 176 Å². The number of halogens is 1. The van der Waals surface area contributed by atoms with E-state index in [0.29, 0.717) is 46.1 Å². The molecule has 1 aromatic carbocycles. The Balaban J connectivity index is 2.47. The number of aromatic nitrogens is 1. The number of ketones is 1. The number of hydrogen-bond acceptors (Lipinski definition) is 4. The Kier molecular flexibility index (Phi) is 7.25. The van der Waals surface area contributed by atoms with Crippen LogP contribution in [0.25, 0.3) is 0 Å². The Bertz CT molecular complexity index is 949. The van der Waals surface area contributed by atoms with Gasteiger partial charge in [-0.2, -0.15) is 0 Å². The number of methoxy groups -OCH3 is 1. The molecule has 0 fully saturated rings. The summed E-state index contributed by atoms with van der Waals surface area (Å²) in [7, 11) is 3.02. The second-order valence-electron chi connectivity index (χ2n) is 7.00. The maximum absolute atomic E-state index is 13.4. The number of carbonyl (C=O) groups excluding carboxylic acids is 3. The van der Waals surface area contributed by atoms with Gasteiger partial charge in [-0.3, -0.25) is 9.59 Å². The summed E-state index contributed by atoms with van der Waals surface area (Å²) >= 11 is 6.20. The lowest BCUT2D eigenvalue weighted by atomic mass is 9.99. The van der Waals surface area contributed by atoms with Crippen LogP contribution >= 0.6 is 11.6 Å². The first-order valence-corrected chi connectivity index (χ1v) is 9.88. The molecule has 2 aromatic rings. The topological polar surface area (TPSA) is 68.6 Å². The molecule has 0 spiro atoms. The van der Waals surface area contributed by atoms with Crippen LogP contribution in [0.2, 0.25) is 5.02 Å². The van der Waals surface area contributed by atoms with Gasteiger partial charge in [-0.25, -0.2) is 4.79 Å². The number of ether oxygens (including phenoxy) is 1. The van der Waals surface area contributed by atoms with Crippen molar-refractivity contribution in [2.75, 3.05) is 13.7 Å². The molecule has 7 heteroatoms. The van der Waals surface area contributed by atoms with E-state index in [-0.39, 0.29) is 11.7 Å². The Morgan fingerprint density at radius 1 is 1.21 bits per heavy atom. The molecule has 156 valence electrons. The lowest BCUT2D eigenvalue weighted by Gasteiger charge is -2.28. The van der Waals surface area contributed by atoms with Crippen molar-refractivity contribution in [3.8, 4) is 0 Å². The largest absolute Gasteiger partial charge is 0.464 e.